The lowest BCUT2D eigenvalue weighted by atomic mass is 9.66. The van der Waals surface area contributed by atoms with Crippen molar-refractivity contribution in [1.29, 1.82) is 0 Å². The Balaban J connectivity index is 1.59. The molecule has 4 saturated heterocycles. The molecular weight excluding hydrogens is 390 g/mol. The van der Waals surface area contributed by atoms with E-state index in [1.165, 1.54) is 5.56 Å². The summed E-state index contributed by atoms with van der Waals surface area (Å²) in [5.41, 5.74) is 2.07. The zero-order valence-electron chi connectivity index (χ0n) is 17.3. The minimum absolute atomic E-state index is 0.192. The highest BCUT2D eigenvalue weighted by Crippen LogP contribution is 2.47. The van der Waals surface area contributed by atoms with E-state index in [-0.39, 0.29) is 12.0 Å². The molecule has 2 aromatic rings. The fourth-order valence-electron chi connectivity index (χ4n) is 5.45. The molecule has 0 saturated carbocycles. The van der Waals surface area contributed by atoms with Crippen LogP contribution in [-0.2, 0) is 12.0 Å². The summed E-state index contributed by atoms with van der Waals surface area (Å²) in [6.45, 7) is 4.00. The van der Waals surface area contributed by atoms with Crippen LogP contribution >= 0.6 is 11.8 Å². The molecule has 4 aliphatic rings. The fraction of sp³-hybridized carbons (Fsp3) is 0.480. The number of fused-ring (bicyclic) bond motifs is 3. The zero-order valence-corrected chi connectivity index (χ0v) is 18.2. The number of nitrogens with zero attached hydrogens (tertiary/aromatic N) is 3. The van der Waals surface area contributed by atoms with Crippen molar-refractivity contribution in [2.75, 3.05) is 42.6 Å². The molecule has 4 aliphatic heterocycles. The number of rotatable bonds is 4. The van der Waals surface area contributed by atoms with Gasteiger partial charge in [0.05, 0.1) is 5.69 Å². The number of aromatic nitrogens is 1. The number of piperidine rings is 3. The van der Waals surface area contributed by atoms with Crippen molar-refractivity contribution >= 4 is 17.6 Å². The maximum Gasteiger partial charge on any atom is 0.128 e. The number of benzene rings is 1. The molecule has 0 aliphatic carbocycles. The van der Waals surface area contributed by atoms with Crippen molar-refractivity contribution in [2.24, 2.45) is 5.92 Å². The van der Waals surface area contributed by atoms with E-state index in [2.05, 4.69) is 52.1 Å². The summed E-state index contributed by atoms with van der Waals surface area (Å²) in [4.78, 5) is 9.78. The van der Waals surface area contributed by atoms with E-state index in [1.54, 1.807) is 0 Å². The molecule has 4 nitrogen and oxygen atoms in total. The second-order valence-electron chi connectivity index (χ2n) is 8.63. The molecule has 156 valence electrons. The van der Waals surface area contributed by atoms with Crippen LogP contribution in [-0.4, -0.2) is 58.7 Å². The number of anilines is 1. The Kier molecular flexibility index (Phi) is 5.49. The summed E-state index contributed by atoms with van der Waals surface area (Å²) in [5, 5.41) is 12.1. The quantitative estimate of drug-likeness (QED) is 0.771. The largest absolute Gasteiger partial charge is 0.382 e. The van der Waals surface area contributed by atoms with Crippen molar-refractivity contribution in [3.8, 4) is 12.3 Å². The third-order valence-corrected chi connectivity index (χ3v) is 7.97. The van der Waals surface area contributed by atoms with Crippen LogP contribution in [0, 0.1) is 18.3 Å². The van der Waals surface area contributed by atoms with Crippen LogP contribution in [0.15, 0.2) is 42.5 Å². The van der Waals surface area contributed by atoms with Crippen LogP contribution in [0.4, 0.5) is 5.82 Å². The number of hydrogen-bond donors (Lipinski definition) is 1. The molecule has 5 heterocycles. The van der Waals surface area contributed by atoms with Gasteiger partial charge in [-0.05, 0) is 43.5 Å². The maximum absolute atomic E-state index is 12.1. The lowest BCUT2D eigenvalue weighted by Gasteiger charge is -2.54. The molecule has 2 unspecified atom stereocenters. The van der Waals surface area contributed by atoms with Gasteiger partial charge in [-0.15, -0.1) is 6.42 Å². The summed E-state index contributed by atoms with van der Waals surface area (Å²) in [7, 11) is 0. The van der Waals surface area contributed by atoms with Crippen LogP contribution in [0.5, 0.6) is 0 Å². The van der Waals surface area contributed by atoms with Crippen LogP contribution < -0.4 is 4.90 Å². The summed E-state index contributed by atoms with van der Waals surface area (Å²) in [6, 6.07) is 14.4. The Morgan fingerprint density at radius 2 is 1.80 bits per heavy atom. The number of pyridine rings is 1. The second kappa shape index (κ2) is 8.26. The molecule has 0 radical (unpaired) electrons. The van der Waals surface area contributed by atoms with E-state index < -0.39 is 5.60 Å². The number of aliphatic hydroxyl groups is 1. The van der Waals surface area contributed by atoms with E-state index in [0.29, 0.717) is 6.42 Å². The highest BCUT2D eigenvalue weighted by atomic mass is 32.2. The average molecular weight is 420 g/mol. The fourth-order valence-corrected chi connectivity index (χ4v) is 6.35. The van der Waals surface area contributed by atoms with Gasteiger partial charge in [-0.25, -0.2) is 4.98 Å². The first-order valence-electron chi connectivity index (χ1n) is 11.0. The Hall–Kier alpha value is -2.00. The number of terminal acetylenes is 1. The van der Waals surface area contributed by atoms with Gasteiger partial charge < -0.3 is 10.0 Å². The van der Waals surface area contributed by atoms with Crippen LogP contribution in [0.3, 0.4) is 0 Å². The Morgan fingerprint density at radius 3 is 2.50 bits per heavy atom. The highest BCUT2D eigenvalue weighted by Gasteiger charge is 2.54. The molecule has 0 spiro atoms. The van der Waals surface area contributed by atoms with Gasteiger partial charge in [0.1, 0.15) is 17.5 Å². The van der Waals surface area contributed by atoms with E-state index in [9.17, 15) is 5.11 Å². The van der Waals surface area contributed by atoms with E-state index in [0.717, 1.165) is 67.6 Å². The standard InChI is InChI=1S/C25H29N3OS/c1-2-23-25(29,20-10-12-27(23)13-11-20)21-8-9-24(28-14-16-30-17-15-28)26-22(21)18-19-6-4-3-5-7-19/h1,3-9,20,23,29H,10-18H2. The van der Waals surface area contributed by atoms with Gasteiger partial charge in [0, 0.05) is 36.6 Å². The van der Waals surface area contributed by atoms with E-state index in [4.69, 9.17) is 11.4 Å². The van der Waals surface area contributed by atoms with Gasteiger partial charge in [0.2, 0.25) is 0 Å². The zero-order chi connectivity index (χ0) is 20.6. The summed E-state index contributed by atoms with van der Waals surface area (Å²) >= 11 is 2.00. The number of hydrogen-bond acceptors (Lipinski definition) is 5. The van der Waals surface area contributed by atoms with Crippen molar-refractivity contribution in [2.45, 2.75) is 30.9 Å². The second-order valence-corrected chi connectivity index (χ2v) is 9.86. The third kappa shape index (κ3) is 3.41. The minimum atomic E-state index is -1.03. The summed E-state index contributed by atoms with van der Waals surface area (Å²) in [5.74, 6) is 6.41. The summed E-state index contributed by atoms with van der Waals surface area (Å²) < 4.78 is 0. The predicted octanol–water partition coefficient (Wildman–Crippen LogP) is 3.14. The molecule has 1 aromatic heterocycles. The van der Waals surface area contributed by atoms with Gasteiger partial charge in [-0.2, -0.15) is 11.8 Å². The number of thioether (sulfide) groups is 1. The molecule has 6 rings (SSSR count). The monoisotopic (exact) mass is 419 g/mol. The Morgan fingerprint density at radius 1 is 1.07 bits per heavy atom. The third-order valence-electron chi connectivity index (χ3n) is 7.03. The summed E-state index contributed by atoms with van der Waals surface area (Å²) in [6.07, 6.45) is 8.66. The first kappa shape index (κ1) is 19.9. The van der Waals surface area contributed by atoms with E-state index in [1.807, 2.05) is 17.8 Å². The van der Waals surface area contributed by atoms with Gasteiger partial charge in [-0.1, -0.05) is 42.3 Å². The molecule has 2 bridgehead atoms. The lowest BCUT2D eigenvalue weighted by molar-refractivity contribution is -0.143. The molecule has 1 aromatic carbocycles. The lowest BCUT2D eigenvalue weighted by Crippen LogP contribution is -2.63. The first-order valence-corrected chi connectivity index (χ1v) is 12.1. The van der Waals surface area contributed by atoms with Crippen LogP contribution in [0.2, 0.25) is 0 Å². The first-order chi connectivity index (χ1) is 14.7. The van der Waals surface area contributed by atoms with E-state index >= 15 is 0 Å². The molecule has 2 atom stereocenters. The van der Waals surface area contributed by atoms with Gasteiger partial charge in [0.25, 0.3) is 0 Å². The maximum atomic E-state index is 12.1. The van der Waals surface area contributed by atoms with Crippen LogP contribution in [0.25, 0.3) is 0 Å². The highest BCUT2D eigenvalue weighted by molar-refractivity contribution is 7.99. The van der Waals surface area contributed by atoms with Crippen LogP contribution in [0.1, 0.15) is 29.7 Å². The SMILES string of the molecule is C#CC1N2CCC(CC2)C1(O)c1ccc(N2CCSCC2)nc1Cc1ccccc1. The predicted molar refractivity (Wildman–Crippen MR) is 124 cm³/mol. The van der Waals surface area contributed by atoms with Gasteiger partial charge in [-0.3, -0.25) is 4.90 Å². The molecule has 30 heavy (non-hydrogen) atoms. The molecule has 4 fully saturated rings. The average Bonchev–Trinajstić information content (AvgIpc) is 2.81. The Bertz CT molecular complexity index is 929. The van der Waals surface area contributed by atoms with Crippen molar-refractivity contribution in [1.82, 2.24) is 9.88 Å². The van der Waals surface area contributed by atoms with Gasteiger partial charge >= 0.3 is 0 Å². The molecule has 5 heteroatoms. The smallest absolute Gasteiger partial charge is 0.128 e. The molecule has 1 N–H and O–H groups in total. The molecule has 0 amide bonds. The molecular formula is C25H29N3OS. The van der Waals surface area contributed by atoms with Crippen molar-refractivity contribution < 1.29 is 5.11 Å². The topological polar surface area (TPSA) is 39.6 Å². The Labute approximate surface area is 183 Å². The normalized spacial score (nSPS) is 30.8. The van der Waals surface area contributed by atoms with Crippen molar-refractivity contribution in [3.63, 3.8) is 0 Å². The minimum Gasteiger partial charge on any atom is -0.382 e. The van der Waals surface area contributed by atoms with Gasteiger partial charge in [0.15, 0.2) is 0 Å². The van der Waals surface area contributed by atoms with Crippen molar-refractivity contribution in [3.05, 3.63) is 59.3 Å².